The fourth-order valence-corrected chi connectivity index (χ4v) is 1.63. The van der Waals surface area contributed by atoms with Crippen LogP contribution in [0.1, 0.15) is 22.3 Å². The molecule has 0 amide bonds. The molecular weight excluding hydrogens is 168 g/mol. The van der Waals surface area contributed by atoms with Crippen LogP contribution in [-0.2, 0) is 6.42 Å². The highest BCUT2D eigenvalue weighted by atomic mass is 16.3. The normalized spacial score (nSPS) is 21.3. The third kappa shape index (κ3) is 1.31. The Morgan fingerprint density at radius 1 is 1.38 bits per heavy atom. The van der Waals surface area contributed by atoms with Gasteiger partial charge in [-0.1, -0.05) is 0 Å². The molecule has 68 valence electrons. The number of phenolic OH excluding ortho intramolecular Hbond substituents is 1. The van der Waals surface area contributed by atoms with Crippen LogP contribution in [0.4, 0.5) is 0 Å². The molecule has 1 aromatic rings. The van der Waals surface area contributed by atoms with E-state index in [1.165, 1.54) is 6.07 Å². The number of hydrogen-bond acceptors (Lipinski definition) is 3. The number of rotatable bonds is 0. The number of aryl methyl sites for hydroxylation is 1. The zero-order chi connectivity index (χ0) is 9.42. The van der Waals surface area contributed by atoms with Gasteiger partial charge in [-0.15, -0.1) is 0 Å². The second-order valence-electron chi connectivity index (χ2n) is 3.26. The highest BCUT2D eigenvalue weighted by molar-refractivity contribution is 6.01. The van der Waals surface area contributed by atoms with Gasteiger partial charge in [0.05, 0.1) is 0 Å². The van der Waals surface area contributed by atoms with Crippen LogP contribution in [0.3, 0.4) is 0 Å². The summed E-state index contributed by atoms with van der Waals surface area (Å²) in [6, 6.07) is 4.61. The summed E-state index contributed by atoms with van der Waals surface area (Å²) in [6.07, 6.45) is 0.239. The molecule has 1 aliphatic carbocycles. The molecule has 2 rings (SSSR count). The molecule has 0 saturated carbocycles. The van der Waals surface area contributed by atoms with Crippen LogP contribution < -0.4 is 0 Å². The molecule has 0 spiro atoms. The lowest BCUT2D eigenvalue weighted by molar-refractivity contribution is 0.0712. The van der Waals surface area contributed by atoms with E-state index in [0.717, 1.165) is 5.56 Å². The molecule has 0 saturated heterocycles. The Bertz CT molecular complexity index is 357. The van der Waals surface area contributed by atoms with Crippen LogP contribution in [0.15, 0.2) is 18.2 Å². The van der Waals surface area contributed by atoms with E-state index in [9.17, 15) is 9.90 Å². The zero-order valence-corrected chi connectivity index (χ0v) is 7.03. The molecule has 0 bridgehead atoms. The average molecular weight is 178 g/mol. The van der Waals surface area contributed by atoms with E-state index >= 15 is 0 Å². The second-order valence-corrected chi connectivity index (χ2v) is 3.26. The van der Waals surface area contributed by atoms with Crippen LogP contribution in [0.5, 0.6) is 5.75 Å². The number of carbonyl (C=O) groups is 1. The van der Waals surface area contributed by atoms with Crippen LogP contribution in [-0.4, -0.2) is 22.1 Å². The van der Waals surface area contributed by atoms with Gasteiger partial charge in [0.1, 0.15) is 11.9 Å². The number of Topliss-reactive ketones (excluding diaryl/α,β-unsaturated/α-hetero) is 1. The second kappa shape index (κ2) is 2.85. The zero-order valence-electron chi connectivity index (χ0n) is 7.03. The number of aromatic hydroxyl groups is 1. The van der Waals surface area contributed by atoms with Crippen LogP contribution in [0, 0.1) is 0 Å². The predicted octanol–water partition coefficient (Wildman–Crippen LogP) is 0.882. The summed E-state index contributed by atoms with van der Waals surface area (Å²) >= 11 is 0. The van der Waals surface area contributed by atoms with Crippen molar-refractivity contribution >= 4 is 5.78 Å². The van der Waals surface area contributed by atoms with Crippen molar-refractivity contribution in [2.24, 2.45) is 0 Å². The Hall–Kier alpha value is -1.35. The molecule has 13 heavy (non-hydrogen) atoms. The Labute approximate surface area is 75.6 Å². The Morgan fingerprint density at radius 3 is 2.92 bits per heavy atom. The number of fused-ring (bicyclic) bond motifs is 1. The lowest BCUT2D eigenvalue weighted by Crippen LogP contribution is -2.26. The van der Waals surface area contributed by atoms with Crippen LogP contribution in [0.25, 0.3) is 0 Å². The maximum Gasteiger partial charge on any atom is 0.191 e. The molecule has 2 N–H and O–H groups in total. The lowest BCUT2D eigenvalue weighted by atomic mass is 9.89. The SMILES string of the molecule is O=C1c2ccc(O)cc2CCC1O. The van der Waals surface area contributed by atoms with Crippen LogP contribution in [0.2, 0.25) is 0 Å². The summed E-state index contributed by atoms with van der Waals surface area (Å²) in [6.45, 7) is 0. The number of phenols is 1. The summed E-state index contributed by atoms with van der Waals surface area (Å²) < 4.78 is 0. The number of aliphatic hydroxyl groups excluding tert-OH is 1. The third-order valence-electron chi connectivity index (χ3n) is 2.34. The van der Waals surface area contributed by atoms with Gasteiger partial charge in [0.2, 0.25) is 0 Å². The van der Waals surface area contributed by atoms with Crippen molar-refractivity contribution in [1.29, 1.82) is 0 Å². The average Bonchev–Trinajstić information content (AvgIpc) is 2.12. The van der Waals surface area contributed by atoms with Crippen molar-refractivity contribution in [3.63, 3.8) is 0 Å². The van der Waals surface area contributed by atoms with Gasteiger partial charge in [-0.05, 0) is 36.6 Å². The highest BCUT2D eigenvalue weighted by Crippen LogP contribution is 2.24. The molecule has 1 unspecified atom stereocenters. The van der Waals surface area contributed by atoms with Gasteiger partial charge in [-0.2, -0.15) is 0 Å². The standard InChI is InChI=1S/C10H10O3/c11-7-2-3-8-6(5-7)1-4-9(12)10(8)13/h2-3,5,9,11-12H,1,4H2. The number of ketones is 1. The van der Waals surface area contributed by atoms with Gasteiger partial charge < -0.3 is 10.2 Å². The molecular formula is C10H10O3. The van der Waals surface area contributed by atoms with Crippen molar-refractivity contribution in [2.75, 3.05) is 0 Å². The van der Waals surface area contributed by atoms with Crippen molar-refractivity contribution in [3.8, 4) is 5.75 Å². The molecule has 1 atom stereocenters. The first-order valence-electron chi connectivity index (χ1n) is 4.22. The number of aliphatic hydroxyl groups is 1. The summed E-state index contributed by atoms with van der Waals surface area (Å²) in [4.78, 5) is 11.4. The van der Waals surface area contributed by atoms with Gasteiger partial charge in [0, 0.05) is 5.56 Å². The Balaban J connectivity index is 2.50. The topological polar surface area (TPSA) is 57.5 Å². The summed E-state index contributed by atoms with van der Waals surface area (Å²) in [5.74, 6) is -0.0656. The molecule has 0 aromatic heterocycles. The van der Waals surface area contributed by atoms with Gasteiger partial charge in [0.15, 0.2) is 5.78 Å². The lowest BCUT2D eigenvalue weighted by Gasteiger charge is -2.18. The Kier molecular flexibility index (Phi) is 1.81. The summed E-state index contributed by atoms with van der Waals surface area (Å²) in [5, 5.41) is 18.4. The smallest absolute Gasteiger partial charge is 0.191 e. The molecule has 0 heterocycles. The quantitative estimate of drug-likeness (QED) is 0.620. The van der Waals surface area contributed by atoms with E-state index in [1.54, 1.807) is 12.1 Å². The monoisotopic (exact) mass is 178 g/mol. The van der Waals surface area contributed by atoms with Crippen molar-refractivity contribution in [2.45, 2.75) is 18.9 Å². The molecule has 0 aliphatic heterocycles. The Morgan fingerprint density at radius 2 is 2.15 bits per heavy atom. The maximum absolute atomic E-state index is 11.4. The number of hydrogen-bond donors (Lipinski definition) is 2. The first-order chi connectivity index (χ1) is 6.18. The first kappa shape index (κ1) is 8.26. The van der Waals surface area contributed by atoms with Crippen molar-refractivity contribution < 1.29 is 15.0 Å². The van der Waals surface area contributed by atoms with E-state index in [1.807, 2.05) is 0 Å². The minimum absolute atomic E-state index is 0.169. The molecule has 0 radical (unpaired) electrons. The van der Waals surface area contributed by atoms with Crippen molar-refractivity contribution in [1.82, 2.24) is 0 Å². The molecule has 0 fully saturated rings. The van der Waals surface area contributed by atoms with E-state index in [-0.39, 0.29) is 11.5 Å². The maximum atomic E-state index is 11.4. The van der Waals surface area contributed by atoms with E-state index in [4.69, 9.17) is 5.11 Å². The molecule has 3 nitrogen and oxygen atoms in total. The highest BCUT2D eigenvalue weighted by Gasteiger charge is 2.25. The number of benzene rings is 1. The fraction of sp³-hybridized carbons (Fsp3) is 0.300. The molecule has 1 aliphatic rings. The fourth-order valence-electron chi connectivity index (χ4n) is 1.63. The summed E-state index contributed by atoms with van der Waals surface area (Å²) in [5.41, 5.74) is 1.37. The summed E-state index contributed by atoms with van der Waals surface area (Å²) in [7, 11) is 0. The predicted molar refractivity (Wildman–Crippen MR) is 46.8 cm³/mol. The minimum atomic E-state index is -0.864. The number of carbonyl (C=O) groups excluding carboxylic acids is 1. The van der Waals surface area contributed by atoms with Crippen LogP contribution >= 0.6 is 0 Å². The van der Waals surface area contributed by atoms with E-state index in [2.05, 4.69) is 0 Å². The van der Waals surface area contributed by atoms with Gasteiger partial charge in [-0.25, -0.2) is 0 Å². The molecule has 1 aromatic carbocycles. The third-order valence-corrected chi connectivity index (χ3v) is 2.34. The molecule has 3 heteroatoms. The van der Waals surface area contributed by atoms with Crippen molar-refractivity contribution in [3.05, 3.63) is 29.3 Å². The van der Waals surface area contributed by atoms with Gasteiger partial charge >= 0.3 is 0 Å². The van der Waals surface area contributed by atoms with Gasteiger partial charge in [0.25, 0.3) is 0 Å². The van der Waals surface area contributed by atoms with E-state index < -0.39 is 6.10 Å². The minimum Gasteiger partial charge on any atom is -0.508 e. The van der Waals surface area contributed by atoms with Gasteiger partial charge in [-0.3, -0.25) is 4.79 Å². The van der Waals surface area contributed by atoms with E-state index in [0.29, 0.717) is 18.4 Å². The largest absolute Gasteiger partial charge is 0.508 e. The first-order valence-corrected chi connectivity index (χ1v) is 4.22.